The molecule has 1 N–H and O–H groups in total. The van der Waals surface area contributed by atoms with Crippen molar-refractivity contribution in [1.82, 2.24) is 4.90 Å². The summed E-state index contributed by atoms with van der Waals surface area (Å²) in [4.78, 5) is 14.1. The van der Waals surface area contributed by atoms with Crippen LogP contribution in [0, 0.1) is 11.7 Å². The fourth-order valence-electron chi connectivity index (χ4n) is 2.37. The van der Waals surface area contributed by atoms with E-state index < -0.39 is 0 Å². The Bertz CT molecular complexity index is 447. The zero-order valence-corrected chi connectivity index (χ0v) is 11.8. The van der Waals surface area contributed by atoms with Crippen molar-refractivity contribution in [2.24, 2.45) is 5.92 Å². The van der Waals surface area contributed by atoms with Crippen molar-refractivity contribution in [2.75, 3.05) is 38.2 Å². The molecule has 1 fully saturated rings. The number of halogens is 1. The van der Waals surface area contributed by atoms with Crippen LogP contribution >= 0.6 is 0 Å². The highest BCUT2D eigenvalue weighted by Crippen LogP contribution is 2.14. The second kappa shape index (κ2) is 7.36. The van der Waals surface area contributed by atoms with Gasteiger partial charge in [-0.15, -0.1) is 0 Å². The van der Waals surface area contributed by atoms with Gasteiger partial charge in [0.25, 0.3) is 0 Å². The molecular weight excluding hydrogens is 259 g/mol. The topological polar surface area (TPSA) is 41.6 Å². The lowest BCUT2D eigenvalue weighted by Crippen LogP contribution is -2.36. The van der Waals surface area contributed by atoms with Crippen LogP contribution in [0.2, 0.25) is 0 Å². The van der Waals surface area contributed by atoms with E-state index in [1.54, 1.807) is 12.1 Å². The molecule has 5 heteroatoms. The largest absolute Gasteiger partial charge is 0.381 e. The fraction of sp³-hybridized carbons (Fsp3) is 0.533. The predicted octanol–water partition coefficient (Wildman–Crippen LogP) is 2.12. The third kappa shape index (κ3) is 4.58. The third-order valence-electron chi connectivity index (χ3n) is 3.46. The number of ether oxygens (including phenoxy) is 1. The molecular formula is C15H21FN2O2. The van der Waals surface area contributed by atoms with Crippen LogP contribution < -0.4 is 5.32 Å². The lowest BCUT2D eigenvalue weighted by Gasteiger charge is -2.22. The molecule has 1 heterocycles. The Kier molecular flexibility index (Phi) is 5.49. The summed E-state index contributed by atoms with van der Waals surface area (Å²) in [5.41, 5.74) is 0.496. The monoisotopic (exact) mass is 280 g/mol. The van der Waals surface area contributed by atoms with Gasteiger partial charge in [0, 0.05) is 18.8 Å². The summed E-state index contributed by atoms with van der Waals surface area (Å²) in [6, 6.07) is 5.94. The van der Waals surface area contributed by atoms with Crippen LogP contribution in [0.1, 0.15) is 13.3 Å². The zero-order valence-electron chi connectivity index (χ0n) is 11.8. The maximum atomic E-state index is 13.0. The van der Waals surface area contributed by atoms with E-state index in [1.165, 1.54) is 12.1 Å². The molecule has 0 radical (unpaired) electrons. The number of carbonyl (C=O) groups excluding carboxylic acids is 1. The molecule has 1 aliphatic rings. The van der Waals surface area contributed by atoms with Crippen LogP contribution in [-0.2, 0) is 9.53 Å². The number of carbonyl (C=O) groups is 1. The Morgan fingerprint density at radius 1 is 1.55 bits per heavy atom. The molecule has 1 amide bonds. The highest BCUT2D eigenvalue weighted by Gasteiger charge is 2.19. The molecule has 110 valence electrons. The smallest absolute Gasteiger partial charge is 0.238 e. The Morgan fingerprint density at radius 2 is 2.40 bits per heavy atom. The Hall–Kier alpha value is -1.46. The number of nitrogens with one attached hydrogen (secondary N) is 1. The average Bonchev–Trinajstić information content (AvgIpc) is 2.90. The summed E-state index contributed by atoms with van der Waals surface area (Å²) >= 11 is 0. The number of amides is 1. The lowest BCUT2D eigenvalue weighted by atomic mass is 10.1. The first-order valence-electron chi connectivity index (χ1n) is 7.03. The van der Waals surface area contributed by atoms with Gasteiger partial charge in [-0.2, -0.15) is 0 Å². The van der Waals surface area contributed by atoms with Gasteiger partial charge in [-0.1, -0.05) is 13.0 Å². The summed E-state index contributed by atoms with van der Waals surface area (Å²) in [6.45, 7) is 5.63. The minimum Gasteiger partial charge on any atom is -0.381 e. The number of hydrogen-bond acceptors (Lipinski definition) is 3. The number of likely N-dealkylation sites (N-methyl/N-ethyl adjacent to an activating group) is 1. The highest BCUT2D eigenvalue weighted by molar-refractivity contribution is 5.92. The molecule has 0 saturated carbocycles. The molecule has 0 bridgehead atoms. The van der Waals surface area contributed by atoms with Crippen molar-refractivity contribution >= 4 is 11.6 Å². The Balaban J connectivity index is 1.82. The van der Waals surface area contributed by atoms with Crippen LogP contribution in [0.25, 0.3) is 0 Å². The number of anilines is 1. The average molecular weight is 280 g/mol. The molecule has 20 heavy (non-hydrogen) atoms. The van der Waals surface area contributed by atoms with Gasteiger partial charge < -0.3 is 10.1 Å². The molecule has 1 atom stereocenters. The summed E-state index contributed by atoms with van der Waals surface area (Å²) in [6.07, 6.45) is 1.06. The lowest BCUT2D eigenvalue weighted by molar-refractivity contribution is -0.117. The van der Waals surface area contributed by atoms with Gasteiger partial charge in [-0.3, -0.25) is 9.69 Å². The van der Waals surface area contributed by atoms with E-state index >= 15 is 0 Å². The quantitative estimate of drug-likeness (QED) is 0.868. The summed E-state index contributed by atoms with van der Waals surface area (Å²) < 4.78 is 18.4. The number of benzene rings is 1. The van der Waals surface area contributed by atoms with Crippen molar-refractivity contribution in [3.05, 3.63) is 30.1 Å². The van der Waals surface area contributed by atoms with Gasteiger partial charge in [0.1, 0.15) is 5.82 Å². The van der Waals surface area contributed by atoms with E-state index in [-0.39, 0.29) is 11.7 Å². The first-order chi connectivity index (χ1) is 9.67. The summed E-state index contributed by atoms with van der Waals surface area (Å²) in [5.74, 6) is 0.0477. The molecule has 0 aliphatic carbocycles. The van der Waals surface area contributed by atoms with E-state index in [4.69, 9.17) is 4.74 Å². The summed E-state index contributed by atoms with van der Waals surface area (Å²) in [5, 5.41) is 2.72. The first kappa shape index (κ1) is 14.9. The van der Waals surface area contributed by atoms with Gasteiger partial charge in [0.2, 0.25) is 5.91 Å². The highest BCUT2D eigenvalue weighted by atomic mass is 19.1. The molecule has 4 nitrogen and oxygen atoms in total. The van der Waals surface area contributed by atoms with E-state index in [2.05, 4.69) is 10.2 Å². The van der Waals surface area contributed by atoms with Crippen LogP contribution in [0.4, 0.5) is 10.1 Å². The van der Waals surface area contributed by atoms with E-state index in [9.17, 15) is 9.18 Å². The molecule has 1 unspecified atom stereocenters. The molecule has 1 aromatic carbocycles. The number of nitrogens with zero attached hydrogens (tertiary/aromatic N) is 1. The molecule has 1 aromatic rings. The molecule has 1 aliphatic heterocycles. The Labute approximate surface area is 118 Å². The SMILES string of the molecule is CCN(CC(=O)Nc1cccc(F)c1)CC1CCOC1. The van der Waals surface area contributed by atoms with Crippen LogP contribution in [0.5, 0.6) is 0 Å². The molecule has 0 spiro atoms. The van der Waals surface area contributed by atoms with Crippen molar-refractivity contribution < 1.29 is 13.9 Å². The van der Waals surface area contributed by atoms with E-state index in [0.29, 0.717) is 18.2 Å². The van der Waals surface area contributed by atoms with Gasteiger partial charge in [-0.05, 0) is 37.1 Å². The van der Waals surface area contributed by atoms with Crippen molar-refractivity contribution in [2.45, 2.75) is 13.3 Å². The van der Waals surface area contributed by atoms with Gasteiger partial charge in [-0.25, -0.2) is 4.39 Å². The second-order valence-corrected chi connectivity index (χ2v) is 5.12. The number of rotatable bonds is 6. The van der Waals surface area contributed by atoms with Gasteiger partial charge in [0.05, 0.1) is 13.2 Å². The molecule has 1 saturated heterocycles. The second-order valence-electron chi connectivity index (χ2n) is 5.12. The van der Waals surface area contributed by atoms with Gasteiger partial charge >= 0.3 is 0 Å². The minimum absolute atomic E-state index is 0.114. The van der Waals surface area contributed by atoms with E-state index in [1.807, 2.05) is 6.92 Å². The minimum atomic E-state index is -0.349. The first-order valence-corrected chi connectivity index (χ1v) is 7.03. The standard InChI is InChI=1S/C15H21FN2O2/c1-2-18(9-12-6-7-20-11-12)10-15(19)17-14-5-3-4-13(16)8-14/h3-5,8,12H,2,6-7,9-11H2,1H3,(H,17,19). The maximum absolute atomic E-state index is 13.0. The number of hydrogen-bond donors (Lipinski definition) is 1. The van der Waals surface area contributed by atoms with Crippen molar-refractivity contribution in [1.29, 1.82) is 0 Å². The fourth-order valence-corrected chi connectivity index (χ4v) is 2.37. The van der Waals surface area contributed by atoms with Crippen LogP contribution in [-0.4, -0.2) is 43.7 Å². The third-order valence-corrected chi connectivity index (χ3v) is 3.46. The van der Waals surface area contributed by atoms with Crippen LogP contribution in [0.15, 0.2) is 24.3 Å². The Morgan fingerprint density at radius 3 is 3.05 bits per heavy atom. The van der Waals surface area contributed by atoms with E-state index in [0.717, 1.165) is 32.7 Å². The van der Waals surface area contributed by atoms with Crippen molar-refractivity contribution in [3.63, 3.8) is 0 Å². The molecule has 0 aromatic heterocycles. The predicted molar refractivity (Wildman–Crippen MR) is 76.1 cm³/mol. The molecule has 2 rings (SSSR count). The van der Waals surface area contributed by atoms with Gasteiger partial charge in [0.15, 0.2) is 0 Å². The van der Waals surface area contributed by atoms with Crippen LogP contribution in [0.3, 0.4) is 0 Å². The maximum Gasteiger partial charge on any atom is 0.238 e. The zero-order chi connectivity index (χ0) is 14.4. The summed E-state index contributed by atoms with van der Waals surface area (Å²) in [7, 11) is 0. The van der Waals surface area contributed by atoms with Crippen molar-refractivity contribution in [3.8, 4) is 0 Å². The normalized spacial score (nSPS) is 18.4.